The number of amides is 1. The average Bonchev–Trinajstić information content (AvgIpc) is 2.76. The van der Waals surface area contributed by atoms with Gasteiger partial charge in [0.25, 0.3) is 5.56 Å². The van der Waals surface area contributed by atoms with E-state index in [1.54, 1.807) is 6.92 Å². The lowest BCUT2D eigenvalue weighted by molar-refractivity contribution is -0.119. The van der Waals surface area contributed by atoms with Crippen molar-refractivity contribution in [3.63, 3.8) is 0 Å². The van der Waals surface area contributed by atoms with Gasteiger partial charge in [-0.2, -0.15) is 0 Å². The van der Waals surface area contributed by atoms with Gasteiger partial charge in [0.1, 0.15) is 0 Å². The minimum Gasteiger partial charge on any atom is -0.465 e. The SMILES string of the molecule is COC(=O)c1cc(C)nc2nc(SCC(=O)NCC3(c4ccccc4)CCC3)[nH]c(=O)c12. The van der Waals surface area contributed by atoms with Crippen molar-refractivity contribution in [1.82, 2.24) is 20.3 Å². The molecular weight excluding hydrogens is 428 g/mol. The Hall–Kier alpha value is -3.20. The molecule has 2 heterocycles. The van der Waals surface area contributed by atoms with Crippen LogP contribution in [0.3, 0.4) is 0 Å². The van der Waals surface area contributed by atoms with Gasteiger partial charge in [0.05, 0.1) is 23.8 Å². The van der Waals surface area contributed by atoms with Crippen LogP contribution in [-0.2, 0) is 14.9 Å². The summed E-state index contributed by atoms with van der Waals surface area (Å²) in [5, 5.41) is 3.38. The molecule has 0 atom stereocenters. The molecule has 32 heavy (non-hydrogen) atoms. The highest BCUT2D eigenvalue weighted by atomic mass is 32.2. The molecule has 0 saturated heterocycles. The van der Waals surface area contributed by atoms with E-state index in [1.807, 2.05) is 18.2 Å². The van der Waals surface area contributed by atoms with E-state index in [4.69, 9.17) is 4.74 Å². The Morgan fingerprint density at radius 2 is 1.97 bits per heavy atom. The third kappa shape index (κ3) is 4.38. The van der Waals surface area contributed by atoms with E-state index in [9.17, 15) is 14.4 Å². The Kier molecular flexibility index (Phi) is 6.27. The number of hydrogen-bond donors (Lipinski definition) is 2. The topological polar surface area (TPSA) is 114 Å². The highest BCUT2D eigenvalue weighted by molar-refractivity contribution is 7.99. The lowest BCUT2D eigenvalue weighted by Crippen LogP contribution is -2.46. The van der Waals surface area contributed by atoms with Crippen LogP contribution >= 0.6 is 11.8 Å². The maximum atomic E-state index is 12.6. The number of aromatic amines is 1. The Morgan fingerprint density at radius 1 is 1.22 bits per heavy atom. The molecule has 4 rings (SSSR count). The second kappa shape index (κ2) is 9.12. The standard InChI is InChI=1S/C23H24N4O4S/c1-14-11-16(21(30)31-2)18-19(25-14)26-22(27-20(18)29)32-12-17(28)24-13-23(9-6-10-23)15-7-4-3-5-8-15/h3-5,7-8,11H,6,9-10,12-13H2,1-2H3,(H,24,28)(H,25,26,27,29). The van der Waals surface area contributed by atoms with Gasteiger partial charge in [-0.3, -0.25) is 9.59 Å². The number of carbonyl (C=O) groups excluding carboxylic acids is 2. The minimum absolute atomic E-state index is 0.00281. The second-order valence-electron chi connectivity index (χ2n) is 7.94. The van der Waals surface area contributed by atoms with Crippen molar-refractivity contribution in [2.45, 2.75) is 36.8 Å². The molecule has 0 unspecified atom stereocenters. The van der Waals surface area contributed by atoms with Crippen LogP contribution in [0.25, 0.3) is 11.0 Å². The summed E-state index contributed by atoms with van der Waals surface area (Å²) in [6.07, 6.45) is 3.26. The number of aromatic nitrogens is 3. The van der Waals surface area contributed by atoms with E-state index in [-0.39, 0.29) is 38.8 Å². The second-order valence-corrected chi connectivity index (χ2v) is 8.90. The van der Waals surface area contributed by atoms with Crippen LogP contribution in [0.4, 0.5) is 0 Å². The lowest BCUT2D eigenvalue weighted by Gasteiger charge is -2.42. The number of rotatable bonds is 7. The van der Waals surface area contributed by atoms with Gasteiger partial charge in [-0.25, -0.2) is 14.8 Å². The number of methoxy groups -OCH3 is 1. The third-order valence-electron chi connectivity index (χ3n) is 5.85. The number of nitrogens with one attached hydrogen (secondary N) is 2. The predicted molar refractivity (Wildman–Crippen MR) is 122 cm³/mol. The number of pyridine rings is 1. The van der Waals surface area contributed by atoms with Crippen LogP contribution < -0.4 is 10.9 Å². The zero-order chi connectivity index (χ0) is 22.7. The van der Waals surface area contributed by atoms with Gasteiger partial charge in [0.15, 0.2) is 10.8 Å². The normalized spacial score (nSPS) is 14.6. The minimum atomic E-state index is -0.629. The van der Waals surface area contributed by atoms with E-state index in [0.717, 1.165) is 31.0 Å². The van der Waals surface area contributed by atoms with Gasteiger partial charge in [-0.05, 0) is 31.4 Å². The molecular formula is C23H24N4O4S. The van der Waals surface area contributed by atoms with Crippen molar-refractivity contribution >= 4 is 34.7 Å². The van der Waals surface area contributed by atoms with Crippen molar-refractivity contribution in [3.8, 4) is 0 Å². The van der Waals surface area contributed by atoms with Crippen LogP contribution in [0.15, 0.2) is 46.3 Å². The number of aryl methyl sites for hydroxylation is 1. The fourth-order valence-corrected chi connectivity index (χ4v) is 4.69. The molecule has 1 saturated carbocycles. The molecule has 1 amide bonds. The summed E-state index contributed by atoms with van der Waals surface area (Å²) in [5.41, 5.74) is 1.56. The Labute approximate surface area is 189 Å². The molecule has 3 aromatic rings. The Balaban J connectivity index is 1.44. The van der Waals surface area contributed by atoms with Crippen molar-refractivity contribution in [2.75, 3.05) is 19.4 Å². The van der Waals surface area contributed by atoms with E-state index in [2.05, 4.69) is 32.4 Å². The highest BCUT2D eigenvalue weighted by Crippen LogP contribution is 2.43. The molecule has 1 fully saturated rings. The smallest absolute Gasteiger partial charge is 0.338 e. The van der Waals surface area contributed by atoms with Gasteiger partial charge in [-0.15, -0.1) is 0 Å². The summed E-state index contributed by atoms with van der Waals surface area (Å²) >= 11 is 1.12. The van der Waals surface area contributed by atoms with E-state index < -0.39 is 11.5 Å². The maximum absolute atomic E-state index is 12.6. The summed E-state index contributed by atoms with van der Waals surface area (Å²) in [6, 6.07) is 11.8. The molecule has 1 aromatic carbocycles. The first-order chi connectivity index (χ1) is 15.4. The molecule has 0 radical (unpaired) electrons. The third-order valence-corrected chi connectivity index (χ3v) is 6.72. The number of ether oxygens (including phenoxy) is 1. The van der Waals surface area contributed by atoms with Crippen molar-refractivity contribution < 1.29 is 14.3 Å². The first-order valence-electron chi connectivity index (χ1n) is 10.4. The molecule has 166 valence electrons. The van der Waals surface area contributed by atoms with Crippen LogP contribution in [0.2, 0.25) is 0 Å². The van der Waals surface area contributed by atoms with E-state index >= 15 is 0 Å². The summed E-state index contributed by atoms with van der Waals surface area (Å²) < 4.78 is 4.76. The number of benzene rings is 1. The number of esters is 1. The summed E-state index contributed by atoms with van der Waals surface area (Å²) in [4.78, 5) is 48.4. The first-order valence-corrected chi connectivity index (χ1v) is 11.4. The molecule has 1 aliphatic rings. The van der Waals surface area contributed by atoms with E-state index in [1.165, 1.54) is 18.7 Å². The molecule has 2 aromatic heterocycles. The van der Waals surface area contributed by atoms with Gasteiger partial charge >= 0.3 is 5.97 Å². The largest absolute Gasteiger partial charge is 0.465 e. The van der Waals surface area contributed by atoms with Gasteiger partial charge < -0.3 is 15.0 Å². The number of fused-ring (bicyclic) bond motifs is 1. The zero-order valence-electron chi connectivity index (χ0n) is 17.9. The number of hydrogen-bond acceptors (Lipinski definition) is 7. The molecule has 8 nitrogen and oxygen atoms in total. The quantitative estimate of drug-likeness (QED) is 0.322. The van der Waals surface area contributed by atoms with Gasteiger partial charge in [0.2, 0.25) is 5.91 Å². The van der Waals surface area contributed by atoms with Crippen molar-refractivity contribution in [1.29, 1.82) is 0 Å². The van der Waals surface area contributed by atoms with Crippen LogP contribution in [0, 0.1) is 6.92 Å². The van der Waals surface area contributed by atoms with Crippen LogP contribution in [-0.4, -0.2) is 46.2 Å². The Bertz CT molecular complexity index is 1220. The maximum Gasteiger partial charge on any atom is 0.338 e. The fourth-order valence-electron chi connectivity index (χ4n) is 4.00. The molecule has 9 heteroatoms. The summed E-state index contributed by atoms with van der Waals surface area (Å²) in [5.74, 6) is -0.655. The lowest BCUT2D eigenvalue weighted by atomic mass is 9.64. The highest BCUT2D eigenvalue weighted by Gasteiger charge is 2.38. The monoisotopic (exact) mass is 452 g/mol. The molecule has 0 aliphatic heterocycles. The van der Waals surface area contributed by atoms with Crippen molar-refractivity contribution in [2.24, 2.45) is 0 Å². The van der Waals surface area contributed by atoms with Crippen molar-refractivity contribution in [3.05, 3.63) is 63.6 Å². The van der Waals surface area contributed by atoms with Gasteiger partial charge in [0, 0.05) is 17.7 Å². The average molecular weight is 453 g/mol. The summed E-state index contributed by atoms with van der Waals surface area (Å²) in [6.45, 7) is 2.29. The number of thioether (sulfide) groups is 1. The molecule has 1 aliphatic carbocycles. The molecule has 0 bridgehead atoms. The number of H-pyrrole nitrogens is 1. The van der Waals surface area contributed by atoms with Crippen LogP contribution in [0.1, 0.15) is 40.9 Å². The zero-order valence-corrected chi connectivity index (χ0v) is 18.8. The van der Waals surface area contributed by atoms with E-state index in [0.29, 0.717) is 12.2 Å². The Morgan fingerprint density at radius 3 is 2.62 bits per heavy atom. The van der Waals surface area contributed by atoms with Crippen LogP contribution in [0.5, 0.6) is 0 Å². The predicted octanol–water partition coefficient (Wildman–Crippen LogP) is 2.74. The molecule has 0 spiro atoms. The first kappa shape index (κ1) is 22.0. The van der Waals surface area contributed by atoms with Gasteiger partial charge in [-0.1, -0.05) is 48.5 Å². The summed E-state index contributed by atoms with van der Waals surface area (Å²) in [7, 11) is 1.25. The fraction of sp³-hybridized carbons (Fsp3) is 0.348. The number of carbonyl (C=O) groups is 2. The molecule has 2 N–H and O–H groups in total. The number of nitrogens with zero attached hydrogens (tertiary/aromatic N) is 2.